The molecule has 0 aliphatic carbocycles. The minimum Gasteiger partial charge on any atom is -0.369 e. The smallest absolute Gasteiger partial charge is 0.231 e. The Morgan fingerprint density at radius 1 is 1.47 bits per heavy atom. The molecule has 0 unspecified atom stereocenters. The van der Waals surface area contributed by atoms with E-state index in [0.717, 1.165) is 4.90 Å². The summed E-state index contributed by atoms with van der Waals surface area (Å²) in [5.41, 5.74) is 5.80. The van der Waals surface area contributed by atoms with Gasteiger partial charge < -0.3 is 5.73 Å². The molecule has 0 spiro atoms. The maximum atomic E-state index is 11.4. The molecule has 0 aromatic heterocycles. The van der Waals surface area contributed by atoms with Crippen molar-refractivity contribution in [1.29, 1.82) is 5.26 Å². The van der Waals surface area contributed by atoms with E-state index in [-0.39, 0.29) is 16.6 Å². The zero-order valence-corrected chi connectivity index (χ0v) is 11.0. The van der Waals surface area contributed by atoms with E-state index in [1.807, 2.05) is 32.9 Å². The van der Waals surface area contributed by atoms with Crippen LogP contribution in [-0.2, 0) is 4.79 Å². The van der Waals surface area contributed by atoms with Gasteiger partial charge in [0.25, 0.3) is 0 Å². The van der Waals surface area contributed by atoms with Crippen LogP contribution in [0.3, 0.4) is 0 Å². The zero-order valence-electron chi connectivity index (χ0n) is 10.2. The second-order valence-electron chi connectivity index (χ2n) is 4.91. The van der Waals surface area contributed by atoms with Gasteiger partial charge in [0.1, 0.15) is 0 Å². The molecule has 1 aromatic carbocycles. The molecule has 2 N–H and O–H groups in total. The quantitative estimate of drug-likeness (QED) is 0.836. The molecule has 0 radical (unpaired) electrons. The van der Waals surface area contributed by atoms with Crippen LogP contribution in [0.1, 0.15) is 26.3 Å². The molecule has 1 atom stereocenters. The van der Waals surface area contributed by atoms with Gasteiger partial charge in [-0.25, -0.2) is 0 Å². The average molecular weight is 248 g/mol. The molecule has 0 saturated heterocycles. The lowest BCUT2D eigenvalue weighted by Gasteiger charge is -2.27. The van der Waals surface area contributed by atoms with E-state index in [4.69, 9.17) is 11.0 Å². The third-order valence-electron chi connectivity index (χ3n) is 2.26. The molecule has 0 aliphatic rings. The molecule has 1 aromatic rings. The number of carbonyl (C=O) groups is 1. The highest BCUT2D eigenvalue weighted by atomic mass is 32.2. The summed E-state index contributed by atoms with van der Waals surface area (Å²) in [6, 6.07) is 9.28. The predicted octanol–water partition coefficient (Wildman–Crippen LogP) is 2.55. The lowest BCUT2D eigenvalue weighted by atomic mass is 9.91. The Morgan fingerprint density at radius 2 is 2.12 bits per heavy atom. The van der Waals surface area contributed by atoms with Crippen LogP contribution in [-0.4, -0.2) is 11.2 Å². The molecule has 0 fully saturated rings. The number of rotatable bonds is 3. The van der Waals surface area contributed by atoms with Gasteiger partial charge in [0.2, 0.25) is 5.91 Å². The fraction of sp³-hybridized carbons (Fsp3) is 0.385. The average Bonchev–Trinajstić information content (AvgIpc) is 2.24. The summed E-state index contributed by atoms with van der Waals surface area (Å²) >= 11 is 1.41. The minimum atomic E-state index is -0.329. The summed E-state index contributed by atoms with van der Waals surface area (Å²) in [5.74, 6) is -0.329. The number of thioether (sulfide) groups is 1. The molecule has 0 saturated carbocycles. The standard InChI is InChI=1S/C13H16N2OS/c1-13(2,3)11(12(15)16)17-10-6-4-5-9(7-10)8-14/h4-7,11H,1-3H3,(H2,15,16)/t11-/m1/s1. The van der Waals surface area contributed by atoms with Crippen molar-refractivity contribution in [2.45, 2.75) is 30.9 Å². The third-order valence-corrected chi connectivity index (χ3v) is 3.96. The van der Waals surface area contributed by atoms with Gasteiger partial charge in [-0.05, 0) is 23.6 Å². The summed E-state index contributed by atoms with van der Waals surface area (Å²) in [4.78, 5) is 12.3. The first-order valence-electron chi connectivity index (χ1n) is 5.30. The van der Waals surface area contributed by atoms with Gasteiger partial charge in [-0.2, -0.15) is 5.26 Å². The van der Waals surface area contributed by atoms with Crippen molar-refractivity contribution in [2.24, 2.45) is 11.1 Å². The summed E-state index contributed by atoms with van der Waals surface area (Å²) in [6.07, 6.45) is 0. The van der Waals surface area contributed by atoms with Crippen molar-refractivity contribution >= 4 is 17.7 Å². The fourth-order valence-electron chi connectivity index (χ4n) is 1.44. The second kappa shape index (κ2) is 5.24. The Bertz CT molecular complexity index is 457. The molecular formula is C13H16N2OS. The monoisotopic (exact) mass is 248 g/mol. The van der Waals surface area contributed by atoms with E-state index in [0.29, 0.717) is 5.56 Å². The SMILES string of the molecule is CC(C)(C)[C@H](Sc1cccc(C#N)c1)C(N)=O. The number of nitriles is 1. The van der Waals surface area contributed by atoms with Gasteiger partial charge in [-0.3, -0.25) is 4.79 Å². The Balaban J connectivity index is 2.95. The molecule has 1 amide bonds. The Kier molecular flexibility index (Phi) is 4.19. The number of nitrogens with two attached hydrogens (primary N) is 1. The van der Waals surface area contributed by atoms with Crippen LogP contribution < -0.4 is 5.73 Å². The molecule has 17 heavy (non-hydrogen) atoms. The molecule has 0 heterocycles. The normalized spacial score (nSPS) is 12.8. The van der Waals surface area contributed by atoms with Crippen LogP contribution in [0.25, 0.3) is 0 Å². The highest BCUT2D eigenvalue weighted by Crippen LogP contribution is 2.35. The first-order chi connectivity index (χ1) is 7.84. The van der Waals surface area contributed by atoms with Crippen molar-refractivity contribution < 1.29 is 4.79 Å². The second-order valence-corrected chi connectivity index (χ2v) is 6.08. The maximum absolute atomic E-state index is 11.4. The van der Waals surface area contributed by atoms with E-state index >= 15 is 0 Å². The number of carbonyl (C=O) groups excluding carboxylic acids is 1. The van der Waals surface area contributed by atoms with E-state index < -0.39 is 0 Å². The largest absolute Gasteiger partial charge is 0.369 e. The van der Waals surface area contributed by atoms with Gasteiger partial charge >= 0.3 is 0 Å². The lowest BCUT2D eigenvalue weighted by molar-refractivity contribution is -0.119. The van der Waals surface area contributed by atoms with Gasteiger partial charge in [-0.15, -0.1) is 11.8 Å². The van der Waals surface area contributed by atoms with Gasteiger partial charge in [0.15, 0.2) is 0 Å². The van der Waals surface area contributed by atoms with Gasteiger partial charge in [0, 0.05) is 4.90 Å². The Labute approximate surface area is 106 Å². The Hall–Kier alpha value is -1.47. The molecule has 90 valence electrons. The summed E-state index contributed by atoms with van der Waals surface area (Å²) in [6.45, 7) is 5.93. The van der Waals surface area contributed by atoms with Crippen LogP contribution in [0.5, 0.6) is 0 Å². The highest BCUT2D eigenvalue weighted by molar-refractivity contribution is 8.00. The highest BCUT2D eigenvalue weighted by Gasteiger charge is 2.30. The van der Waals surface area contributed by atoms with Gasteiger partial charge in [-0.1, -0.05) is 26.8 Å². The van der Waals surface area contributed by atoms with E-state index in [1.165, 1.54) is 11.8 Å². The summed E-state index contributed by atoms with van der Waals surface area (Å²) < 4.78 is 0. The number of hydrogen-bond donors (Lipinski definition) is 1. The number of primary amides is 1. The van der Waals surface area contributed by atoms with Crippen LogP contribution in [0.2, 0.25) is 0 Å². The maximum Gasteiger partial charge on any atom is 0.231 e. The molecule has 0 aliphatic heterocycles. The van der Waals surface area contributed by atoms with Crippen molar-refractivity contribution in [1.82, 2.24) is 0 Å². The van der Waals surface area contributed by atoms with Crippen molar-refractivity contribution in [3.63, 3.8) is 0 Å². The van der Waals surface area contributed by atoms with Gasteiger partial charge in [0.05, 0.1) is 16.9 Å². The first kappa shape index (κ1) is 13.6. The molecule has 1 rings (SSSR count). The topological polar surface area (TPSA) is 66.9 Å². The van der Waals surface area contributed by atoms with Crippen LogP contribution in [0.15, 0.2) is 29.2 Å². The van der Waals surface area contributed by atoms with Crippen LogP contribution in [0, 0.1) is 16.7 Å². The predicted molar refractivity (Wildman–Crippen MR) is 69.5 cm³/mol. The zero-order chi connectivity index (χ0) is 13.1. The van der Waals surface area contributed by atoms with E-state index in [1.54, 1.807) is 12.1 Å². The van der Waals surface area contributed by atoms with Crippen molar-refractivity contribution in [3.05, 3.63) is 29.8 Å². The number of hydrogen-bond acceptors (Lipinski definition) is 3. The van der Waals surface area contributed by atoms with E-state index in [9.17, 15) is 4.79 Å². The fourth-order valence-corrected chi connectivity index (χ4v) is 2.53. The summed E-state index contributed by atoms with van der Waals surface area (Å²) in [7, 11) is 0. The third kappa shape index (κ3) is 3.79. The van der Waals surface area contributed by atoms with E-state index in [2.05, 4.69) is 6.07 Å². The molecule has 3 nitrogen and oxygen atoms in total. The first-order valence-corrected chi connectivity index (χ1v) is 6.18. The summed E-state index contributed by atoms with van der Waals surface area (Å²) in [5, 5.41) is 8.51. The van der Waals surface area contributed by atoms with Crippen LogP contribution in [0.4, 0.5) is 0 Å². The van der Waals surface area contributed by atoms with Crippen LogP contribution >= 0.6 is 11.8 Å². The van der Waals surface area contributed by atoms with Crippen molar-refractivity contribution in [3.8, 4) is 6.07 Å². The number of benzene rings is 1. The molecule has 0 bridgehead atoms. The minimum absolute atomic E-state index is 0.209. The Morgan fingerprint density at radius 3 is 2.59 bits per heavy atom. The molecular weight excluding hydrogens is 232 g/mol. The lowest BCUT2D eigenvalue weighted by Crippen LogP contribution is -2.36. The number of amides is 1. The number of nitrogens with zero attached hydrogens (tertiary/aromatic N) is 1. The molecule has 4 heteroatoms. The van der Waals surface area contributed by atoms with Crippen molar-refractivity contribution in [2.75, 3.05) is 0 Å².